The minimum absolute atomic E-state index is 0.227. The smallest absolute Gasteiger partial charge is 0.0598 e. The lowest BCUT2D eigenvalue weighted by molar-refractivity contribution is 0.167. The third-order valence-electron chi connectivity index (χ3n) is 2.86. The summed E-state index contributed by atoms with van der Waals surface area (Å²) in [6.45, 7) is 2.75. The summed E-state index contributed by atoms with van der Waals surface area (Å²) < 4.78 is 1.10. The standard InChI is InChI=1S/C11H14BrNO/c1-7(14)8-6-13(2)10-5-3-4-9(12)11(8)10/h3-5,7-8,14H,6H2,1-2H3. The van der Waals surface area contributed by atoms with E-state index in [-0.39, 0.29) is 12.0 Å². The van der Waals surface area contributed by atoms with Crippen molar-refractivity contribution in [2.45, 2.75) is 18.9 Å². The molecule has 0 amide bonds. The van der Waals surface area contributed by atoms with Gasteiger partial charge in [-0.25, -0.2) is 0 Å². The highest BCUT2D eigenvalue weighted by Crippen LogP contribution is 2.41. The molecule has 0 saturated heterocycles. The van der Waals surface area contributed by atoms with Crippen LogP contribution in [0.25, 0.3) is 0 Å². The van der Waals surface area contributed by atoms with E-state index in [0.717, 1.165) is 11.0 Å². The average molecular weight is 256 g/mol. The zero-order valence-corrected chi connectivity index (χ0v) is 9.95. The first kappa shape index (κ1) is 9.99. The molecule has 1 aromatic rings. The van der Waals surface area contributed by atoms with Gasteiger partial charge in [0.25, 0.3) is 0 Å². The number of likely N-dealkylation sites (N-methyl/N-ethyl adjacent to an activating group) is 1. The molecule has 1 aliphatic heterocycles. The zero-order valence-electron chi connectivity index (χ0n) is 8.37. The van der Waals surface area contributed by atoms with Gasteiger partial charge in [-0.1, -0.05) is 22.0 Å². The largest absolute Gasteiger partial charge is 0.393 e. The molecule has 2 unspecified atom stereocenters. The molecule has 14 heavy (non-hydrogen) atoms. The second-order valence-corrected chi connectivity index (χ2v) is 4.75. The van der Waals surface area contributed by atoms with Crippen molar-refractivity contribution in [1.82, 2.24) is 0 Å². The molecule has 1 aliphatic rings. The summed E-state index contributed by atoms with van der Waals surface area (Å²) in [7, 11) is 2.06. The molecular formula is C11H14BrNO. The summed E-state index contributed by atoms with van der Waals surface area (Å²) in [6.07, 6.45) is -0.294. The number of hydrogen-bond acceptors (Lipinski definition) is 2. The van der Waals surface area contributed by atoms with E-state index in [1.54, 1.807) is 0 Å². The molecule has 0 bridgehead atoms. The number of rotatable bonds is 1. The summed E-state index contributed by atoms with van der Waals surface area (Å²) in [4.78, 5) is 2.19. The molecule has 0 spiro atoms. The fourth-order valence-electron chi connectivity index (χ4n) is 2.10. The predicted octanol–water partition coefficient (Wildman–Crippen LogP) is 2.36. The van der Waals surface area contributed by atoms with Gasteiger partial charge in [0.1, 0.15) is 0 Å². The number of aliphatic hydroxyl groups is 1. The van der Waals surface area contributed by atoms with Crippen molar-refractivity contribution in [2.75, 3.05) is 18.5 Å². The number of halogens is 1. The van der Waals surface area contributed by atoms with Crippen LogP contribution in [-0.2, 0) is 0 Å². The molecule has 76 valence electrons. The van der Waals surface area contributed by atoms with E-state index in [1.165, 1.54) is 11.3 Å². The van der Waals surface area contributed by atoms with Gasteiger partial charge in [0.2, 0.25) is 0 Å². The molecule has 2 atom stereocenters. The first-order chi connectivity index (χ1) is 6.61. The van der Waals surface area contributed by atoms with Crippen molar-refractivity contribution in [3.63, 3.8) is 0 Å². The Balaban J connectivity index is 2.51. The first-order valence-electron chi connectivity index (χ1n) is 4.79. The van der Waals surface area contributed by atoms with Crippen LogP contribution in [-0.4, -0.2) is 24.8 Å². The van der Waals surface area contributed by atoms with Gasteiger partial charge >= 0.3 is 0 Å². The number of anilines is 1. The lowest BCUT2D eigenvalue weighted by atomic mass is 9.97. The van der Waals surface area contributed by atoms with Crippen LogP contribution in [0, 0.1) is 0 Å². The van der Waals surface area contributed by atoms with Gasteiger partial charge in [-0.3, -0.25) is 0 Å². The van der Waals surface area contributed by atoms with E-state index < -0.39 is 0 Å². The second-order valence-electron chi connectivity index (χ2n) is 3.90. The monoisotopic (exact) mass is 255 g/mol. The highest BCUT2D eigenvalue weighted by molar-refractivity contribution is 9.10. The maximum atomic E-state index is 9.69. The molecule has 0 aromatic heterocycles. The van der Waals surface area contributed by atoms with Crippen LogP contribution in [0.2, 0.25) is 0 Å². The highest BCUT2D eigenvalue weighted by atomic mass is 79.9. The molecule has 2 rings (SSSR count). The van der Waals surface area contributed by atoms with E-state index in [9.17, 15) is 5.11 Å². The quantitative estimate of drug-likeness (QED) is 0.833. The fourth-order valence-corrected chi connectivity index (χ4v) is 2.75. The van der Waals surface area contributed by atoms with Gasteiger partial charge in [-0.2, -0.15) is 0 Å². The summed E-state index contributed by atoms with van der Waals surface area (Å²) in [5.74, 6) is 0.227. The summed E-state index contributed by atoms with van der Waals surface area (Å²) >= 11 is 3.55. The van der Waals surface area contributed by atoms with Gasteiger partial charge in [0, 0.05) is 29.7 Å². The first-order valence-corrected chi connectivity index (χ1v) is 5.58. The normalized spacial score (nSPS) is 22.3. The third kappa shape index (κ3) is 1.44. The van der Waals surface area contributed by atoms with E-state index in [1.807, 2.05) is 19.1 Å². The minimum atomic E-state index is -0.294. The van der Waals surface area contributed by atoms with Crippen LogP contribution in [0.1, 0.15) is 18.4 Å². The van der Waals surface area contributed by atoms with Crippen LogP contribution in [0.15, 0.2) is 22.7 Å². The maximum Gasteiger partial charge on any atom is 0.0598 e. The molecule has 1 heterocycles. The topological polar surface area (TPSA) is 23.5 Å². The van der Waals surface area contributed by atoms with Crippen LogP contribution >= 0.6 is 15.9 Å². The van der Waals surface area contributed by atoms with Crippen molar-refractivity contribution in [2.24, 2.45) is 0 Å². The van der Waals surface area contributed by atoms with E-state index in [0.29, 0.717) is 0 Å². The number of benzene rings is 1. The second kappa shape index (κ2) is 3.55. The molecule has 2 nitrogen and oxygen atoms in total. The minimum Gasteiger partial charge on any atom is -0.393 e. The molecular weight excluding hydrogens is 242 g/mol. The molecule has 1 N–H and O–H groups in total. The Hall–Kier alpha value is -0.540. The van der Waals surface area contributed by atoms with Crippen molar-refractivity contribution in [3.05, 3.63) is 28.2 Å². The van der Waals surface area contributed by atoms with Crippen LogP contribution in [0.4, 0.5) is 5.69 Å². The Bertz CT molecular complexity index is 351. The average Bonchev–Trinajstić information content (AvgIpc) is 2.46. The lowest BCUT2D eigenvalue weighted by Crippen LogP contribution is -2.21. The van der Waals surface area contributed by atoms with Gasteiger partial charge < -0.3 is 10.0 Å². The van der Waals surface area contributed by atoms with Gasteiger partial charge in [0.05, 0.1) is 6.10 Å². The maximum absolute atomic E-state index is 9.69. The van der Waals surface area contributed by atoms with Gasteiger partial charge in [0.15, 0.2) is 0 Å². The number of aliphatic hydroxyl groups excluding tert-OH is 1. The van der Waals surface area contributed by atoms with E-state index >= 15 is 0 Å². The molecule has 1 aromatic carbocycles. The summed E-state index contributed by atoms with van der Waals surface area (Å²) in [5.41, 5.74) is 2.47. The van der Waals surface area contributed by atoms with Crippen molar-refractivity contribution >= 4 is 21.6 Å². The Kier molecular flexibility index (Phi) is 2.54. The van der Waals surface area contributed by atoms with Crippen molar-refractivity contribution in [1.29, 1.82) is 0 Å². The lowest BCUT2D eigenvalue weighted by Gasteiger charge is -2.15. The number of hydrogen-bond donors (Lipinski definition) is 1. The molecule has 0 radical (unpaired) electrons. The molecule has 0 fully saturated rings. The van der Waals surface area contributed by atoms with Gasteiger partial charge in [-0.15, -0.1) is 0 Å². The van der Waals surface area contributed by atoms with Crippen LogP contribution in [0.5, 0.6) is 0 Å². The summed E-state index contributed by atoms with van der Waals surface area (Å²) in [6, 6.07) is 6.17. The molecule has 0 aliphatic carbocycles. The third-order valence-corrected chi connectivity index (χ3v) is 3.56. The Labute approximate surface area is 92.7 Å². The predicted molar refractivity (Wildman–Crippen MR) is 61.8 cm³/mol. The Morgan fingerprint density at radius 3 is 2.93 bits per heavy atom. The molecule has 0 saturated carbocycles. The van der Waals surface area contributed by atoms with E-state index in [2.05, 4.69) is 33.9 Å². The van der Waals surface area contributed by atoms with Crippen LogP contribution in [0.3, 0.4) is 0 Å². The van der Waals surface area contributed by atoms with Crippen molar-refractivity contribution in [3.8, 4) is 0 Å². The summed E-state index contributed by atoms with van der Waals surface area (Å²) in [5, 5.41) is 9.69. The van der Waals surface area contributed by atoms with Gasteiger partial charge in [-0.05, 0) is 24.6 Å². The van der Waals surface area contributed by atoms with Crippen LogP contribution < -0.4 is 4.90 Å². The Morgan fingerprint density at radius 1 is 1.57 bits per heavy atom. The SMILES string of the molecule is CC(O)C1CN(C)c2cccc(Br)c21. The molecule has 3 heteroatoms. The fraction of sp³-hybridized carbons (Fsp3) is 0.455. The van der Waals surface area contributed by atoms with E-state index in [4.69, 9.17) is 0 Å². The number of nitrogens with zero attached hydrogens (tertiary/aromatic N) is 1. The highest BCUT2D eigenvalue weighted by Gasteiger charge is 2.31. The number of fused-ring (bicyclic) bond motifs is 1. The zero-order chi connectivity index (χ0) is 10.3. The van der Waals surface area contributed by atoms with Crippen molar-refractivity contribution < 1.29 is 5.11 Å². The Morgan fingerprint density at radius 2 is 2.29 bits per heavy atom.